The molecule has 4 atom stereocenters. The first-order chi connectivity index (χ1) is 14.3. The van der Waals surface area contributed by atoms with Crippen molar-refractivity contribution in [1.82, 2.24) is 4.90 Å². The van der Waals surface area contributed by atoms with Crippen LogP contribution in [0.25, 0.3) is 6.08 Å². The second-order valence-corrected chi connectivity index (χ2v) is 7.75. The second kappa shape index (κ2) is 7.34. The molecule has 3 heteroatoms. The second-order valence-electron chi connectivity index (χ2n) is 7.75. The van der Waals surface area contributed by atoms with Crippen molar-refractivity contribution >= 4 is 12.0 Å². The monoisotopic (exact) mass is 381 g/mol. The van der Waals surface area contributed by atoms with Gasteiger partial charge in [0.2, 0.25) is 5.91 Å². The molecule has 29 heavy (non-hydrogen) atoms. The number of aliphatic hydroxyl groups excluding tert-OH is 1. The molecule has 0 radical (unpaired) electrons. The van der Waals surface area contributed by atoms with Gasteiger partial charge in [-0.3, -0.25) is 4.79 Å². The van der Waals surface area contributed by atoms with Crippen molar-refractivity contribution in [2.75, 3.05) is 6.61 Å². The average molecular weight is 381 g/mol. The Morgan fingerprint density at radius 3 is 2.24 bits per heavy atom. The third-order valence-electron chi connectivity index (χ3n) is 6.23. The molecule has 0 saturated carbocycles. The zero-order chi connectivity index (χ0) is 19.8. The van der Waals surface area contributed by atoms with E-state index in [2.05, 4.69) is 36.4 Å². The lowest BCUT2D eigenvalue weighted by molar-refractivity contribution is -0.133. The topological polar surface area (TPSA) is 40.5 Å². The largest absolute Gasteiger partial charge is 0.394 e. The molecule has 2 aliphatic rings. The smallest absolute Gasteiger partial charge is 0.231 e. The highest BCUT2D eigenvalue weighted by Gasteiger charge is 2.51. The Bertz CT molecular complexity index is 1040. The number of rotatable bonds is 4. The number of likely N-dealkylation sites (tertiary alicyclic amines) is 1. The Hall–Kier alpha value is -3.17. The summed E-state index contributed by atoms with van der Waals surface area (Å²) in [5.41, 5.74) is 4.25. The van der Waals surface area contributed by atoms with Gasteiger partial charge in [0.25, 0.3) is 0 Å². The molecule has 1 aliphatic heterocycles. The standard InChI is InChI=1S/C26H23NO2/c28-17-23(19-10-3-1-4-11-19)27-25(20-12-5-2-6-13-20)22-16-15-18-9-7-8-14-21(18)24(22)26(27)29/h1-16,22-25,28H,17H2/t22-,23-,24+,25+/m0/s1. The van der Waals surface area contributed by atoms with Gasteiger partial charge in [0.05, 0.1) is 24.6 Å². The van der Waals surface area contributed by atoms with Gasteiger partial charge in [-0.15, -0.1) is 0 Å². The van der Waals surface area contributed by atoms with E-state index in [1.807, 2.05) is 65.6 Å². The Morgan fingerprint density at radius 2 is 1.52 bits per heavy atom. The van der Waals surface area contributed by atoms with E-state index < -0.39 is 0 Å². The predicted octanol–water partition coefficient (Wildman–Crippen LogP) is 4.73. The van der Waals surface area contributed by atoms with Gasteiger partial charge < -0.3 is 10.0 Å². The molecule has 1 heterocycles. The first-order valence-electron chi connectivity index (χ1n) is 10.1. The Morgan fingerprint density at radius 1 is 0.862 bits per heavy atom. The number of carbonyl (C=O) groups is 1. The molecule has 5 rings (SSSR count). The number of carbonyl (C=O) groups excluding carboxylic acids is 1. The molecule has 0 unspecified atom stereocenters. The molecule has 1 N–H and O–H groups in total. The lowest BCUT2D eigenvalue weighted by Gasteiger charge is -2.34. The van der Waals surface area contributed by atoms with Crippen molar-refractivity contribution in [3.05, 3.63) is 113 Å². The van der Waals surface area contributed by atoms with Gasteiger partial charge in [-0.2, -0.15) is 0 Å². The zero-order valence-corrected chi connectivity index (χ0v) is 16.1. The van der Waals surface area contributed by atoms with Crippen LogP contribution in [0.5, 0.6) is 0 Å². The zero-order valence-electron chi connectivity index (χ0n) is 16.1. The fraction of sp³-hybridized carbons (Fsp3) is 0.192. The summed E-state index contributed by atoms with van der Waals surface area (Å²) < 4.78 is 0. The van der Waals surface area contributed by atoms with Crippen LogP contribution in [0.4, 0.5) is 0 Å². The predicted molar refractivity (Wildman–Crippen MR) is 114 cm³/mol. The van der Waals surface area contributed by atoms with Gasteiger partial charge in [0.15, 0.2) is 0 Å². The van der Waals surface area contributed by atoms with Gasteiger partial charge in [0, 0.05) is 5.92 Å². The maximum absolute atomic E-state index is 13.8. The minimum atomic E-state index is -0.375. The molecule has 144 valence electrons. The first kappa shape index (κ1) is 17.9. The number of aliphatic hydroxyl groups is 1. The Labute approximate surface area is 170 Å². The van der Waals surface area contributed by atoms with Gasteiger partial charge in [-0.05, 0) is 22.3 Å². The van der Waals surface area contributed by atoms with Crippen LogP contribution < -0.4 is 0 Å². The Balaban J connectivity index is 1.67. The third-order valence-corrected chi connectivity index (χ3v) is 6.23. The summed E-state index contributed by atoms with van der Waals surface area (Å²) in [6.07, 6.45) is 4.32. The lowest BCUT2D eigenvalue weighted by Crippen LogP contribution is -2.35. The average Bonchev–Trinajstić information content (AvgIpc) is 3.08. The van der Waals surface area contributed by atoms with Crippen LogP contribution in [0.15, 0.2) is 91.0 Å². The van der Waals surface area contributed by atoms with Crippen LogP contribution in [-0.4, -0.2) is 22.5 Å². The van der Waals surface area contributed by atoms with Crippen LogP contribution >= 0.6 is 0 Å². The van der Waals surface area contributed by atoms with E-state index in [4.69, 9.17) is 0 Å². The van der Waals surface area contributed by atoms with Crippen LogP contribution in [-0.2, 0) is 4.79 Å². The van der Waals surface area contributed by atoms with Gasteiger partial charge in [0.1, 0.15) is 0 Å². The van der Waals surface area contributed by atoms with Crippen LogP contribution in [0.1, 0.15) is 40.3 Å². The molecule has 1 amide bonds. The van der Waals surface area contributed by atoms with E-state index >= 15 is 0 Å². The molecule has 0 bridgehead atoms. The number of benzene rings is 3. The van der Waals surface area contributed by atoms with E-state index in [0.29, 0.717) is 0 Å². The van der Waals surface area contributed by atoms with Gasteiger partial charge in [-0.1, -0.05) is 97.1 Å². The van der Waals surface area contributed by atoms with Crippen molar-refractivity contribution in [2.24, 2.45) is 5.92 Å². The summed E-state index contributed by atoms with van der Waals surface area (Å²) in [5, 5.41) is 10.3. The van der Waals surface area contributed by atoms with Crippen LogP contribution in [0, 0.1) is 5.92 Å². The molecule has 0 aromatic heterocycles. The summed E-state index contributed by atoms with van der Waals surface area (Å²) in [5.74, 6) is -0.0970. The molecule has 3 aromatic carbocycles. The minimum absolute atomic E-state index is 0.0394. The molecule has 1 aliphatic carbocycles. The van der Waals surface area contributed by atoms with Crippen LogP contribution in [0.2, 0.25) is 0 Å². The molecule has 1 fully saturated rings. The van der Waals surface area contributed by atoms with E-state index in [-0.39, 0.29) is 36.4 Å². The number of hydrogen-bond acceptors (Lipinski definition) is 2. The summed E-state index contributed by atoms with van der Waals surface area (Å²) >= 11 is 0. The maximum Gasteiger partial charge on any atom is 0.231 e. The lowest BCUT2D eigenvalue weighted by atomic mass is 9.77. The summed E-state index contributed by atoms with van der Waals surface area (Å²) in [7, 11) is 0. The maximum atomic E-state index is 13.8. The highest BCUT2D eigenvalue weighted by Crippen LogP contribution is 2.53. The minimum Gasteiger partial charge on any atom is -0.394 e. The van der Waals surface area contributed by atoms with Crippen LogP contribution in [0.3, 0.4) is 0 Å². The summed E-state index contributed by atoms with van der Waals surface area (Å²) in [6.45, 7) is -0.107. The summed E-state index contributed by atoms with van der Waals surface area (Å²) in [4.78, 5) is 15.8. The molecule has 3 nitrogen and oxygen atoms in total. The molecular formula is C26H23NO2. The van der Waals surface area contributed by atoms with Gasteiger partial charge >= 0.3 is 0 Å². The highest BCUT2D eigenvalue weighted by atomic mass is 16.3. The number of fused-ring (bicyclic) bond motifs is 3. The van der Waals surface area contributed by atoms with E-state index in [1.54, 1.807) is 0 Å². The third kappa shape index (κ3) is 2.90. The van der Waals surface area contributed by atoms with Crippen molar-refractivity contribution in [2.45, 2.75) is 18.0 Å². The van der Waals surface area contributed by atoms with Crippen molar-refractivity contribution in [1.29, 1.82) is 0 Å². The quantitative estimate of drug-likeness (QED) is 0.710. The SMILES string of the molecule is O=C1[C@@H]2c3ccccc3C=C[C@@H]2[C@@H](c2ccccc2)N1[C@@H](CO)c1ccccc1. The highest BCUT2D eigenvalue weighted by molar-refractivity contribution is 5.90. The fourth-order valence-electron chi connectivity index (χ4n) is 4.96. The molecule has 3 aromatic rings. The first-order valence-corrected chi connectivity index (χ1v) is 10.1. The Kier molecular flexibility index (Phi) is 4.53. The molecule has 1 saturated heterocycles. The normalized spacial score (nSPS) is 23.6. The number of hydrogen-bond donors (Lipinski definition) is 1. The fourth-order valence-corrected chi connectivity index (χ4v) is 4.96. The van der Waals surface area contributed by atoms with Gasteiger partial charge in [-0.25, -0.2) is 0 Å². The van der Waals surface area contributed by atoms with Crippen molar-refractivity contribution in [3.63, 3.8) is 0 Å². The number of nitrogens with zero attached hydrogens (tertiary/aromatic N) is 1. The molecular weight excluding hydrogens is 358 g/mol. The number of amides is 1. The van der Waals surface area contributed by atoms with E-state index in [0.717, 1.165) is 22.3 Å². The summed E-state index contributed by atoms with van der Waals surface area (Å²) in [6, 6.07) is 27.7. The van der Waals surface area contributed by atoms with Crippen molar-refractivity contribution < 1.29 is 9.90 Å². The van der Waals surface area contributed by atoms with Crippen molar-refractivity contribution in [3.8, 4) is 0 Å². The van der Waals surface area contributed by atoms with E-state index in [9.17, 15) is 9.90 Å². The van der Waals surface area contributed by atoms with E-state index in [1.165, 1.54) is 0 Å². The molecule has 0 spiro atoms.